The minimum Gasteiger partial charge on any atom is -0.370 e. The molecule has 2 fully saturated rings. The van der Waals surface area contributed by atoms with Crippen LogP contribution >= 0.6 is 0 Å². The van der Waals surface area contributed by atoms with Crippen LogP contribution in [0.2, 0.25) is 0 Å². The summed E-state index contributed by atoms with van der Waals surface area (Å²) in [7, 11) is 0. The number of epoxide rings is 1. The fourth-order valence-electron chi connectivity index (χ4n) is 1.44. The van der Waals surface area contributed by atoms with Crippen molar-refractivity contribution in [3.8, 4) is 0 Å². The van der Waals surface area contributed by atoms with Gasteiger partial charge in [-0.1, -0.05) is 0 Å². The van der Waals surface area contributed by atoms with Crippen molar-refractivity contribution in [2.45, 2.75) is 31.5 Å². The van der Waals surface area contributed by atoms with E-state index in [-0.39, 0.29) is 0 Å². The van der Waals surface area contributed by atoms with Crippen LogP contribution in [0.1, 0.15) is 19.3 Å². The van der Waals surface area contributed by atoms with Crippen molar-refractivity contribution >= 4 is 0 Å². The fourth-order valence-corrected chi connectivity index (χ4v) is 1.44. The van der Waals surface area contributed by atoms with Crippen molar-refractivity contribution in [1.82, 2.24) is 0 Å². The van der Waals surface area contributed by atoms with Crippen molar-refractivity contribution in [2.75, 3.05) is 0 Å². The Bertz CT molecular complexity index is 101. The summed E-state index contributed by atoms with van der Waals surface area (Å²) in [6.45, 7) is 5.67. The molecule has 0 aromatic carbocycles. The molecule has 0 aromatic heterocycles. The number of hydrogen-bond acceptors (Lipinski definition) is 1. The molecular weight excluding hydrogens is 100 g/mol. The molecule has 8 heavy (non-hydrogen) atoms. The molecule has 1 heteroatoms. The quantitative estimate of drug-likeness (QED) is 0.428. The third kappa shape index (κ3) is 0.655. The Labute approximate surface area is 50.0 Å². The molecule has 44 valence electrons. The highest BCUT2D eigenvalue weighted by Gasteiger charge is 2.42. The Morgan fingerprint density at radius 1 is 1.25 bits per heavy atom. The summed E-state index contributed by atoms with van der Waals surface area (Å²) in [6, 6.07) is 0. The third-order valence-electron chi connectivity index (χ3n) is 2.04. The lowest BCUT2D eigenvalue weighted by atomic mass is 9.91. The van der Waals surface area contributed by atoms with Gasteiger partial charge in [0.15, 0.2) is 0 Å². The second-order valence-corrected chi connectivity index (χ2v) is 2.79. The molecule has 0 bridgehead atoms. The highest BCUT2D eigenvalue weighted by molar-refractivity contribution is 4.92. The topological polar surface area (TPSA) is 12.5 Å². The van der Waals surface area contributed by atoms with E-state index in [0.717, 1.165) is 6.42 Å². The van der Waals surface area contributed by atoms with E-state index in [4.69, 9.17) is 11.7 Å². The number of hydrogen-bond donors (Lipinski definition) is 0. The molecule has 0 spiro atoms. The van der Waals surface area contributed by atoms with Gasteiger partial charge in [-0.25, -0.2) is 0 Å². The van der Waals surface area contributed by atoms with E-state index >= 15 is 0 Å². The summed E-state index contributed by atoms with van der Waals surface area (Å²) in [5.74, 6) is 0.429. The first-order valence-corrected chi connectivity index (χ1v) is 3.27. The van der Waals surface area contributed by atoms with Gasteiger partial charge in [-0.2, -0.15) is 0 Å². The van der Waals surface area contributed by atoms with Crippen LogP contribution in [-0.2, 0) is 4.74 Å². The Balaban J connectivity index is 1.93. The van der Waals surface area contributed by atoms with Gasteiger partial charge in [-0.3, -0.25) is 0 Å². The van der Waals surface area contributed by atoms with Crippen LogP contribution in [0.25, 0.3) is 0 Å². The van der Waals surface area contributed by atoms with Gasteiger partial charge in [-0.05, 0) is 32.1 Å². The summed E-state index contributed by atoms with van der Waals surface area (Å²) < 4.78 is 5.27. The van der Waals surface area contributed by atoms with Crippen LogP contribution < -0.4 is 0 Å². The lowest BCUT2D eigenvalue weighted by molar-refractivity contribution is 0.370. The van der Waals surface area contributed by atoms with E-state index in [9.17, 15) is 0 Å². The van der Waals surface area contributed by atoms with Gasteiger partial charge in [0, 0.05) is 0 Å². The first kappa shape index (κ1) is 4.80. The summed E-state index contributed by atoms with van der Waals surface area (Å²) >= 11 is 0. The van der Waals surface area contributed by atoms with E-state index in [0.29, 0.717) is 18.1 Å². The second kappa shape index (κ2) is 1.47. The standard InChI is InChI=1S/C7H10O/c1-5-2-3-6-7(4-5)8-6/h1,5-7H,2-4H2. The lowest BCUT2D eigenvalue weighted by Crippen LogP contribution is -2.09. The molecule has 0 N–H and O–H groups in total. The molecule has 1 saturated carbocycles. The maximum absolute atomic E-state index is 5.67. The maximum Gasteiger partial charge on any atom is 0.0844 e. The molecule has 3 atom stereocenters. The molecular formula is C7H10O. The average Bonchev–Trinajstić information content (AvgIpc) is 2.43. The Hall–Kier alpha value is -0.0400. The van der Waals surface area contributed by atoms with Crippen LogP contribution in [0.15, 0.2) is 0 Å². The van der Waals surface area contributed by atoms with Gasteiger partial charge in [0.1, 0.15) is 0 Å². The van der Waals surface area contributed by atoms with E-state index in [1.165, 1.54) is 12.8 Å². The van der Waals surface area contributed by atoms with E-state index < -0.39 is 0 Å². The van der Waals surface area contributed by atoms with Crippen LogP contribution in [0.4, 0.5) is 0 Å². The zero-order chi connectivity index (χ0) is 5.56. The van der Waals surface area contributed by atoms with Crippen LogP contribution in [0, 0.1) is 12.8 Å². The number of fused-ring (bicyclic) bond motifs is 1. The van der Waals surface area contributed by atoms with E-state index in [2.05, 4.69) is 0 Å². The monoisotopic (exact) mass is 110 g/mol. The molecule has 1 aliphatic heterocycles. The highest BCUT2D eigenvalue weighted by Crippen LogP contribution is 2.38. The van der Waals surface area contributed by atoms with E-state index in [1.54, 1.807) is 0 Å². The molecule has 1 nitrogen and oxygen atoms in total. The largest absolute Gasteiger partial charge is 0.370 e. The smallest absolute Gasteiger partial charge is 0.0844 e. The molecule has 0 amide bonds. The summed E-state index contributed by atoms with van der Waals surface area (Å²) in [5, 5.41) is 0. The van der Waals surface area contributed by atoms with Gasteiger partial charge in [0.2, 0.25) is 0 Å². The van der Waals surface area contributed by atoms with Gasteiger partial charge in [0.25, 0.3) is 0 Å². The molecule has 2 radical (unpaired) electrons. The third-order valence-corrected chi connectivity index (χ3v) is 2.04. The molecule has 1 aliphatic carbocycles. The van der Waals surface area contributed by atoms with Gasteiger partial charge in [0.05, 0.1) is 12.2 Å². The minimum absolute atomic E-state index is 0.429. The van der Waals surface area contributed by atoms with Crippen molar-refractivity contribution in [2.24, 2.45) is 5.92 Å². The van der Waals surface area contributed by atoms with Crippen LogP contribution in [-0.4, -0.2) is 12.2 Å². The minimum atomic E-state index is 0.429. The molecule has 3 unspecified atom stereocenters. The number of rotatable bonds is 0. The molecule has 1 saturated heterocycles. The van der Waals surface area contributed by atoms with Crippen molar-refractivity contribution in [3.63, 3.8) is 0 Å². The summed E-state index contributed by atoms with van der Waals surface area (Å²) in [4.78, 5) is 0. The SMILES string of the molecule is [CH]C1CCC2OC2C1. The molecule has 2 aliphatic rings. The predicted octanol–water partition coefficient (Wildman–Crippen LogP) is 1.26. The van der Waals surface area contributed by atoms with Crippen LogP contribution in [0.3, 0.4) is 0 Å². The fraction of sp³-hybridized carbons (Fsp3) is 0.857. The Kier molecular flexibility index (Phi) is 0.884. The van der Waals surface area contributed by atoms with E-state index in [1.807, 2.05) is 0 Å². The normalized spacial score (nSPS) is 52.9. The Morgan fingerprint density at radius 2 is 2.12 bits per heavy atom. The lowest BCUT2D eigenvalue weighted by Gasteiger charge is -2.11. The van der Waals surface area contributed by atoms with Gasteiger partial charge in [-0.15, -0.1) is 0 Å². The first-order valence-electron chi connectivity index (χ1n) is 3.27. The average molecular weight is 110 g/mol. The van der Waals surface area contributed by atoms with Crippen molar-refractivity contribution in [3.05, 3.63) is 6.92 Å². The van der Waals surface area contributed by atoms with Crippen molar-refractivity contribution in [1.29, 1.82) is 0 Å². The maximum atomic E-state index is 5.67. The first-order chi connectivity index (χ1) is 3.86. The number of ether oxygens (including phenoxy) is 1. The molecule has 1 heterocycles. The zero-order valence-electron chi connectivity index (χ0n) is 4.84. The second-order valence-electron chi connectivity index (χ2n) is 2.79. The Morgan fingerprint density at radius 3 is 2.75 bits per heavy atom. The summed E-state index contributed by atoms with van der Waals surface area (Å²) in [6.07, 6.45) is 4.63. The zero-order valence-corrected chi connectivity index (χ0v) is 4.84. The molecule has 2 rings (SSSR count). The predicted molar refractivity (Wildman–Crippen MR) is 30.3 cm³/mol. The molecule has 0 aromatic rings. The van der Waals surface area contributed by atoms with Crippen molar-refractivity contribution < 1.29 is 4.74 Å². The van der Waals surface area contributed by atoms with Crippen LogP contribution in [0.5, 0.6) is 0 Å². The summed E-state index contributed by atoms with van der Waals surface area (Å²) in [5.41, 5.74) is 0. The van der Waals surface area contributed by atoms with Gasteiger partial charge < -0.3 is 4.74 Å². The van der Waals surface area contributed by atoms with Gasteiger partial charge >= 0.3 is 0 Å². The highest BCUT2D eigenvalue weighted by atomic mass is 16.6.